The fourth-order valence-corrected chi connectivity index (χ4v) is 2.70. The lowest BCUT2D eigenvalue weighted by Crippen LogP contribution is -2.28. The van der Waals surface area contributed by atoms with E-state index in [2.05, 4.69) is 4.90 Å². The third-order valence-corrected chi connectivity index (χ3v) is 3.85. The zero-order chi connectivity index (χ0) is 14.7. The Morgan fingerprint density at radius 3 is 2.43 bits per heavy atom. The minimum Gasteiger partial charge on any atom is -0.460 e. The maximum absolute atomic E-state index is 10.7. The summed E-state index contributed by atoms with van der Waals surface area (Å²) in [6, 6.07) is 10.4. The second-order valence-electron chi connectivity index (χ2n) is 5.41. The Hall–Kier alpha value is -2.14. The van der Waals surface area contributed by atoms with Crippen molar-refractivity contribution >= 4 is 5.69 Å². The van der Waals surface area contributed by atoms with Crippen LogP contribution in [0.4, 0.5) is 5.69 Å². The number of nitro groups is 1. The van der Waals surface area contributed by atoms with Gasteiger partial charge in [-0.05, 0) is 50.2 Å². The molecule has 0 atom stereocenters. The molecule has 2 heterocycles. The number of rotatable bonds is 4. The number of non-ortho nitro benzene ring substituents is 1. The maximum atomic E-state index is 10.7. The van der Waals surface area contributed by atoms with Crippen LogP contribution in [0.25, 0.3) is 11.3 Å². The summed E-state index contributed by atoms with van der Waals surface area (Å²) in [7, 11) is 0. The number of piperidine rings is 1. The quantitative estimate of drug-likeness (QED) is 0.633. The van der Waals surface area contributed by atoms with Crippen molar-refractivity contribution in [1.29, 1.82) is 0 Å². The first-order valence-electron chi connectivity index (χ1n) is 7.28. The summed E-state index contributed by atoms with van der Waals surface area (Å²) in [6.07, 6.45) is 3.84. The molecule has 0 N–H and O–H groups in total. The highest BCUT2D eigenvalue weighted by atomic mass is 16.6. The van der Waals surface area contributed by atoms with Crippen LogP contribution in [0.3, 0.4) is 0 Å². The summed E-state index contributed by atoms with van der Waals surface area (Å²) < 4.78 is 5.86. The van der Waals surface area contributed by atoms with Crippen molar-refractivity contribution in [3.05, 3.63) is 52.3 Å². The van der Waals surface area contributed by atoms with Crippen LogP contribution in [0.5, 0.6) is 0 Å². The second kappa shape index (κ2) is 6.10. The monoisotopic (exact) mass is 286 g/mol. The molecular formula is C16H18N2O3. The van der Waals surface area contributed by atoms with Crippen molar-refractivity contribution in [3.63, 3.8) is 0 Å². The van der Waals surface area contributed by atoms with Crippen LogP contribution in [0, 0.1) is 10.1 Å². The van der Waals surface area contributed by atoms with Gasteiger partial charge in [0.2, 0.25) is 0 Å². The summed E-state index contributed by atoms with van der Waals surface area (Å²) in [4.78, 5) is 12.7. The Morgan fingerprint density at radius 1 is 1.05 bits per heavy atom. The summed E-state index contributed by atoms with van der Waals surface area (Å²) in [5.74, 6) is 1.71. The van der Waals surface area contributed by atoms with Gasteiger partial charge in [-0.25, -0.2) is 0 Å². The molecule has 1 aliphatic rings. The molecule has 110 valence electrons. The van der Waals surface area contributed by atoms with E-state index in [1.54, 1.807) is 12.1 Å². The lowest BCUT2D eigenvalue weighted by Gasteiger charge is -2.25. The molecule has 0 unspecified atom stereocenters. The van der Waals surface area contributed by atoms with Crippen LogP contribution in [0.15, 0.2) is 40.8 Å². The van der Waals surface area contributed by atoms with Crippen LogP contribution in [0.2, 0.25) is 0 Å². The molecule has 2 aromatic rings. The van der Waals surface area contributed by atoms with Gasteiger partial charge in [0.1, 0.15) is 11.5 Å². The highest BCUT2D eigenvalue weighted by Crippen LogP contribution is 2.25. The van der Waals surface area contributed by atoms with E-state index in [1.165, 1.54) is 31.4 Å². The number of benzene rings is 1. The molecule has 0 saturated carbocycles. The van der Waals surface area contributed by atoms with E-state index in [-0.39, 0.29) is 5.69 Å². The van der Waals surface area contributed by atoms with Gasteiger partial charge in [0.25, 0.3) is 5.69 Å². The third kappa shape index (κ3) is 3.31. The average Bonchev–Trinajstić information content (AvgIpc) is 2.97. The van der Waals surface area contributed by atoms with E-state index in [4.69, 9.17) is 4.42 Å². The van der Waals surface area contributed by atoms with E-state index in [0.29, 0.717) is 0 Å². The van der Waals surface area contributed by atoms with Gasteiger partial charge in [-0.2, -0.15) is 0 Å². The molecule has 1 aromatic carbocycles. The molecule has 1 fully saturated rings. The molecule has 21 heavy (non-hydrogen) atoms. The molecule has 0 spiro atoms. The van der Waals surface area contributed by atoms with Crippen molar-refractivity contribution < 1.29 is 9.34 Å². The minimum atomic E-state index is -0.395. The summed E-state index contributed by atoms with van der Waals surface area (Å²) in [5, 5.41) is 10.7. The molecule has 1 saturated heterocycles. The maximum Gasteiger partial charge on any atom is 0.269 e. The predicted octanol–water partition coefficient (Wildman–Crippen LogP) is 3.84. The Balaban J connectivity index is 1.70. The molecule has 0 aliphatic carbocycles. The zero-order valence-corrected chi connectivity index (χ0v) is 11.8. The van der Waals surface area contributed by atoms with Gasteiger partial charge in [-0.3, -0.25) is 15.0 Å². The second-order valence-corrected chi connectivity index (χ2v) is 5.41. The Bertz CT molecular complexity index is 613. The third-order valence-electron chi connectivity index (χ3n) is 3.85. The predicted molar refractivity (Wildman–Crippen MR) is 79.9 cm³/mol. The van der Waals surface area contributed by atoms with Gasteiger partial charge in [-0.1, -0.05) is 6.42 Å². The molecule has 1 aliphatic heterocycles. The van der Waals surface area contributed by atoms with Gasteiger partial charge in [0.15, 0.2) is 0 Å². The lowest BCUT2D eigenvalue weighted by molar-refractivity contribution is -0.384. The smallest absolute Gasteiger partial charge is 0.269 e. The summed E-state index contributed by atoms with van der Waals surface area (Å²) >= 11 is 0. The molecule has 5 heteroatoms. The van der Waals surface area contributed by atoms with Gasteiger partial charge in [0, 0.05) is 17.7 Å². The Morgan fingerprint density at radius 2 is 1.76 bits per heavy atom. The number of furan rings is 1. The molecular weight excluding hydrogens is 268 g/mol. The van der Waals surface area contributed by atoms with Crippen molar-refractivity contribution in [2.75, 3.05) is 13.1 Å². The Kier molecular flexibility index (Phi) is 4.01. The van der Waals surface area contributed by atoms with Gasteiger partial charge in [0.05, 0.1) is 11.5 Å². The first kappa shape index (κ1) is 13.8. The van der Waals surface area contributed by atoms with Crippen molar-refractivity contribution in [3.8, 4) is 11.3 Å². The van der Waals surface area contributed by atoms with Crippen LogP contribution < -0.4 is 0 Å². The lowest BCUT2D eigenvalue weighted by atomic mass is 10.1. The number of nitrogens with zero attached hydrogens (tertiary/aromatic N) is 2. The standard InChI is InChI=1S/C16H18N2O3/c19-18(20)14-6-4-13(5-7-14)16-9-8-15(21-16)12-17-10-2-1-3-11-17/h4-9H,1-3,10-12H2. The Labute approximate surface area is 123 Å². The van der Waals surface area contributed by atoms with Crippen LogP contribution in [0.1, 0.15) is 25.0 Å². The van der Waals surface area contributed by atoms with Crippen molar-refractivity contribution in [2.45, 2.75) is 25.8 Å². The van der Waals surface area contributed by atoms with E-state index < -0.39 is 4.92 Å². The van der Waals surface area contributed by atoms with Crippen LogP contribution in [-0.4, -0.2) is 22.9 Å². The van der Waals surface area contributed by atoms with Crippen molar-refractivity contribution in [1.82, 2.24) is 4.90 Å². The highest BCUT2D eigenvalue weighted by Gasteiger charge is 2.13. The molecule has 3 rings (SSSR count). The number of nitro benzene ring substituents is 1. The van der Waals surface area contributed by atoms with E-state index in [1.807, 2.05) is 12.1 Å². The number of likely N-dealkylation sites (tertiary alicyclic amines) is 1. The number of hydrogen-bond acceptors (Lipinski definition) is 4. The summed E-state index contributed by atoms with van der Waals surface area (Å²) in [6.45, 7) is 3.11. The average molecular weight is 286 g/mol. The highest BCUT2D eigenvalue weighted by molar-refractivity contribution is 5.59. The largest absolute Gasteiger partial charge is 0.460 e. The fourth-order valence-electron chi connectivity index (χ4n) is 2.70. The topological polar surface area (TPSA) is 59.5 Å². The van der Waals surface area contributed by atoms with Gasteiger partial charge >= 0.3 is 0 Å². The molecule has 0 bridgehead atoms. The molecule has 1 aromatic heterocycles. The van der Waals surface area contributed by atoms with Gasteiger partial charge in [-0.15, -0.1) is 0 Å². The summed E-state index contributed by atoms with van der Waals surface area (Å²) in [5.41, 5.74) is 0.962. The zero-order valence-electron chi connectivity index (χ0n) is 11.8. The SMILES string of the molecule is O=[N+]([O-])c1ccc(-c2ccc(CN3CCCCC3)o2)cc1. The molecule has 0 amide bonds. The van der Waals surface area contributed by atoms with E-state index >= 15 is 0 Å². The van der Waals surface area contributed by atoms with Crippen molar-refractivity contribution in [2.24, 2.45) is 0 Å². The van der Waals surface area contributed by atoms with E-state index in [9.17, 15) is 10.1 Å². The number of hydrogen-bond donors (Lipinski definition) is 0. The van der Waals surface area contributed by atoms with Crippen LogP contribution >= 0.6 is 0 Å². The normalized spacial score (nSPS) is 16.0. The van der Waals surface area contributed by atoms with Gasteiger partial charge < -0.3 is 4.42 Å². The fraction of sp³-hybridized carbons (Fsp3) is 0.375. The first-order chi connectivity index (χ1) is 10.2. The van der Waals surface area contributed by atoms with E-state index in [0.717, 1.165) is 36.7 Å². The van der Waals surface area contributed by atoms with Crippen LogP contribution in [-0.2, 0) is 6.54 Å². The minimum absolute atomic E-state index is 0.0962. The molecule has 5 nitrogen and oxygen atoms in total. The first-order valence-corrected chi connectivity index (χ1v) is 7.28. The molecule has 0 radical (unpaired) electrons.